The van der Waals surface area contributed by atoms with Crippen molar-refractivity contribution in [2.45, 2.75) is 0 Å². The van der Waals surface area contributed by atoms with Crippen molar-refractivity contribution >= 4 is 17.2 Å². The van der Waals surface area contributed by atoms with Gasteiger partial charge in [0, 0.05) is 25.0 Å². The lowest BCUT2D eigenvalue weighted by Gasteiger charge is -2.01. The first-order valence-corrected chi connectivity index (χ1v) is 4.98. The van der Waals surface area contributed by atoms with Crippen LogP contribution in [-0.2, 0) is 7.05 Å². The van der Waals surface area contributed by atoms with E-state index in [4.69, 9.17) is 11.6 Å². The van der Waals surface area contributed by atoms with E-state index in [2.05, 4.69) is 20.5 Å². The van der Waals surface area contributed by atoms with Crippen LogP contribution in [-0.4, -0.2) is 29.6 Å². The van der Waals surface area contributed by atoms with E-state index in [0.29, 0.717) is 10.8 Å². The first-order chi connectivity index (χ1) is 7.75. The van der Waals surface area contributed by atoms with Gasteiger partial charge in [-0.15, -0.1) is 5.10 Å². The molecule has 0 fully saturated rings. The van der Waals surface area contributed by atoms with Gasteiger partial charge in [-0.1, -0.05) is 11.6 Å². The van der Waals surface area contributed by atoms with Crippen LogP contribution in [0.15, 0.2) is 24.8 Å². The molecule has 6 nitrogen and oxygen atoms in total. The third kappa shape index (κ3) is 1.27. The molecule has 0 radical (unpaired) electrons. The summed E-state index contributed by atoms with van der Waals surface area (Å²) in [5.74, 6) is 0. The number of aromatic nitrogens is 6. The van der Waals surface area contributed by atoms with Gasteiger partial charge in [0.2, 0.25) is 0 Å². The zero-order valence-corrected chi connectivity index (χ0v) is 9.13. The van der Waals surface area contributed by atoms with Gasteiger partial charge in [0.05, 0.1) is 5.56 Å². The molecule has 3 aromatic rings. The molecule has 80 valence electrons. The Balaban J connectivity index is 2.36. The van der Waals surface area contributed by atoms with Crippen LogP contribution in [0.4, 0.5) is 0 Å². The lowest BCUT2D eigenvalue weighted by atomic mass is 10.2. The van der Waals surface area contributed by atoms with Crippen molar-refractivity contribution in [2.24, 2.45) is 7.05 Å². The van der Waals surface area contributed by atoms with Gasteiger partial charge in [0.1, 0.15) is 11.5 Å². The minimum atomic E-state index is 0.397. The Hall–Kier alpha value is -1.95. The molecular weight excluding hydrogens is 228 g/mol. The summed E-state index contributed by atoms with van der Waals surface area (Å²) in [6, 6.07) is 1.94. The Bertz CT molecular complexity index is 655. The fraction of sp³-hybridized carbons (Fsp3) is 0.111. The van der Waals surface area contributed by atoms with E-state index in [0.717, 1.165) is 11.1 Å². The van der Waals surface area contributed by atoms with Gasteiger partial charge in [0.15, 0.2) is 5.65 Å². The molecule has 0 unspecified atom stereocenters. The van der Waals surface area contributed by atoms with Crippen LogP contribution < -0.4 is 0 Å². The highest BCUT2D eigenvalue weighted by Gasteiger charge is 2.13. The van der Waals surface area contributed by atoms with Crippen LogP contribution in [0.5, 0.6) is 0 Å². The van der Waals surface area contributed by atoms with Crippen molar-refractivity contribution in [2.75, 3.05) is 0 Å². The van der Waals surface area contributed by atoms with Crippen molar-refractivity contribution in [3.63, 3.8) is 0 Å². The maximum atomic E-state index is 6.07. The van der Waals surface area contributed by atoms with Crippen molar-refractivity contribution in [3.8, 4) is 11.1 Å². The molecule has 0 spiro atoms. The van der Waals surface area contributed by atoms with Crippen LogP contribution >= 0.6 is 11.6 Å². The molecule has 7 heteroatoms. The third-order valence-electron chi connectivity index (χ3n) is 2.32. The number of fused-ring (bicyclic) bond motifs is 1. The predicted octanol–water partition coefficient (Wildman–Crippen LogP) is 1.18. The summed E-state index contributed by atoms with van der Waals surface area (Å²) in [4.78, 5) is 4.04. The highest BCUT2D eigenvalue weighted by Crippen LogP contribution is 2.28. The fourth-order valence-corrected chi connectivity index (χ4v) is 1.83. The average molecular weight is 235 g/mol. The Labute approximate surface area is 95.5 Å². The molecule has 16 heavy (non-hydrogen) atoms. The lowest BCUT2D eigenvalue weighted by Crippen LogP contribution is -1.93. The molecule has 0 N–H and O–H groups in total. The van der Waals surface area contributed by atoms with Gasteiger partial charge in [-0.2, -0.15) is 4.52 Å². The molecule has 0 aliphatic heterocycles. The minimum absolute atomic E-state index is 0.397. The molecular formula is C9H7ClN6. The molecule has 0 saturated heterocycles. The van der Waals surface area contributed by atoms with E-state index in [-0.39, 0.29) is 0 Å². The van der Waals surface area contributed by atoms with Gasteiger partial charge >= 0.3 is 0 Å². The molecule has 0 atom stereocenters. The van der Waals surface area contributed by atoms with Crippen LogP contribution in [0.2, 0.25) is 5.15 Å². The quantitative estimate of drug-likeness (QED) is 0.593. The zero-order valence-electron chi connectivity index (χ0n) is 8.37. The standard InChI is InChI=1S/C9H7ClN6/c1-15-3-2-6(4-15)7-8(10)11-5-16-9(7)12-13-14-16/h2-5H,1H3. The Morgan fingerprint density at radius 3 is 3.00 bits per heavy atom. The van der Waals surface area contributed by atoms with Gasteiger partial charge in [-0.05, 0) is 16.5 Å². The van der Waals surface area contributed by atoms with Crippen molar-refractivity contribution in [1.82, 2.24) is 29.6 Å². The largest absolute Gasteiger partial charge is 0.357 e. The summed E-state index contributed by atoms with van der Waals surface area (Å²) in [6.07, 6.45) is 5.36. The fourth-order valence-electron chi connectivity index (χ4n) is 1.60. The van der Waals surface area contributed by atoms with Crippen molar-refractivity contribution in [3.05, 3.63) is 29.9 Å². The first-order valence-electron chi connectivity index (χ1n) is 4.60. The Morgan fingerprint density at radius 2 is 2.25 bits per heavy atom. The summed E-state index contributed by atoms with van der Waals surface area (Å²) in [5, 5.41) is 11.7. The Kier molecular flexibility index (Phi) is 1.90. The molecule has 3 rings (SSSR count). The summed E-state index contributed by atoms with van der Waals surface area (Å²) in [5.41, 5.74) is 2.29. The van der Waals surface area contributed by atoms with Crippen LogP contribution in [0.1, 0.15) is 0 Å². The molecule has 0 saturated carbocycles. The molecule has 0 amide bonds. The van der Waals surface area contributed by atoms with E-state index in [1.54, 1.807) is 0 Å². The maximum Gasteiger partial charge on any atom is 0.191 e. The summed E-state index contributed by atoms with van der Waals surface area (Å²) in [7, 11) is 1.94. The van der Waals surface area contributed by atoms with E-state index in [1.807, 2.05) is 30.1 Å². The van der Waals surface area contributed by atoms with Gasteiger partial charge in [-0.3, -0.25) is 0 Å². The SMILES string of the molecule is Cn1ccc(-c2c(Cl)ncn3nnnc23)c1. The maximum absolute atomic E-state index is 6.07. The first kappa shape index (κ1) is 9.29. The van der Waals surface area contributed by atoms with E-state index >= 15 is 0 Å². The molecule has 0 aliphatic carbocycles. The van der Waals surface area contributed by atoms with Crippen molar-refractivity contribution < 1.29 is 0 Å². The van der Waals surface area contributed by atoms with Gasteiger partial charge < -0.3 is 4.57 Å². The van der Waals surface area contributed by atoms with E-state index in [1.165, 1.54) is 10.8 Å². The highest BCUT2D eigenvalue weighted by atomic mass is 35.5. The lowest BCUT2D eigenvalue weighted by molar-refractivity contribution is 0.810. The highest BCUT2D eigenvalue weighted by molar-refractivity contribution is 6.32. The second kappa shape index (κ2) is 3.28. The number of tetrazole rings is 1. The zero-order chi connectivity index (χ0) is 11.1. The van der Waals surface area contributed by atoms with Crippen LogP contribution in [0.25, 0.3) is 16.8 Å². The number of hydrogen-bond donors (Lipinski definition) is 0. The van der Waals surface area contributed by atoms with Gasteiger partial charge in [0.25, 0.3) is 0 Å². The van der Waals surface area contributed by atoms with Crippen molar-refractivity contribution in [1.29, 1.82) is 0 Å². The number of nitrogens with zero attached hydrogens (tertiary/aromatic N) is 6. The molecule has 0 aliphatic rings. The Morgan fingerprint density at radius 1 is 1.38 bits per heavy atom. The smallest absolute Gasteiger partial charge is 0.191 e. The summed E-state index contributed by atoms with van der Waals surface area (Å²) in [6.45, 7) is 0. The molecule has 0 aromatic carbocycles. The molecule has 0 bridgehead atoms. The van der Waals surface area contributed by atoms with Crippen LogP contribution in [0, 0.1) is 0 Å². The van der Waals surface area contributed by atoms with E-state index in [9.17, 15) is 0 Å². The van der Waals surface area contributed by atoms with E-state index < -0.39 is 0 Å². The number of halogens is 1. The molecule has 3 aromatic heterocycles. The minimum Gasteiger partial charge on any atom is -0.357 e. The summed E-state index contributed by atoms with van der Waals surface area (Å²) < 4.78 is 3.42. The monoisotopic (exact) mass is 234 g/mol. The number of hydrogen-bond acceptors (Lipinski definition) is 4. The normalized spacial score (nSPS) is 11.1. The third-order valence-corrected chi connectivity index (χ3v) is 2.61. The second-order valence-electron chi connectivity index (χ2n) is 3.42. The van der Waals surface area contributed by atoms with Crippen LogP contribution in [0.3, 0.4) is 0 Å². The second-order valence-corrected chi connectivity index (χ2v) is 3.78. The average Bonchev–Trinajstić information content (AvgIpc) is 2.86. The molecule has 3 heterocycles. The number of aryl methyl sites for hydroxylation is 1. The summed E-state index contributed by atoms with van der Waals surface area (Å²) >= 11 is 6.07. The van der Waals surface area contributed by atoms with Gasteiger partial charge in [-0.25, -0.2) is 4.98 Å². The number of rotatable bonds is 1. The topological polar surface area (TPSA) is 60.9 Å². The predicted molar refractivity (Wildman–Crippen MR) is 58.0 cm³/mol.